The number of carbonyl (C=O) groups is 1. The van der Waals surface area contributed by atoms with Crippen LogP contribution in [-0.4, -0.2) is 24.1 Å². The Morgan fingerprint density at radius 2 is 1.83 bits per heavy atom. The fourth-order valence-electron chi connectivity index (χ4n) is 3.01. The van der Waals surface area contributed by atoms with Gasteiger partial charge in [0.15, 0.2) is 11.7 Å². The molecule has 1 heterocycles. The lowest BCUT2D eigenvalue weighted by Crippen LogP contribution is -2.22. The van der Waals surface area contributed by atoms with E-state index in [9.17, 15) is 4.79 Å². The summed E-state index contributed by atoms with van der Waals surface area (Å²) in [5, 5.41) is 5.29. The molecule has 0 radical (unpaired) electrons. The van der Waals surface area contributed by atoms with E-state index in [0.29, 0.717) is 11.7 Å². The summed E-state index contributed by atoms with van der Waals surface area (Å²) in [6, 6.07) is 13.8. The van der Waals surface area contributed by atoms with Gasteiger partial charge in [0.25, 0.3) is 5.91 Å². The minimum absolute atomic E-state index is 0.0654. The van der Waals surface area contributed by atoms with Crippen LogP contribution in [0.25, 0.3) is 11.3 Å². The molecule has 0 aliphatic heterocycles. The lowest BCUT2D eigenvalue weighted by molar-refractivity contribution is -0.118. The molecule has 0 saturated heterocycles. The molecule has 0 fully saturated rings. The molecule has 0 saturated carbocycles. The second-order valence-corrected chi connectivity index (χ2v) is 8.94. The third-order valence-electron chi connectivity index (χ3n) is 4.51. The van der Waals surface area contributed by atoms with E-state index in [4.69, 9.17) is 9.47 Å². The number of ether oxygens (including phenoxy) is 2. The summed E-state index contributed by atoms with van der Waals surface area (Å²) in [5.74, 6) is 1.33. The Morgan fingerprint density at radius 3 is 2.50 bits per heavy atom. The molecule has 3 rings (SSSR count). The SMILES string of the molecule is CCOc1ccc(-c2csc(NC(=O)COc3ccc(C)cc3C(C)(C)C)n2)cc1. The number of rotatable bonds is 7. The van der Waals surface area contributed by atoms with Crippen LogP contribution in [0.3, 0.4) is 0 Å². The maximum absolute atomic E-state index is 12.4. The molecule has 3 aromatic rings. The molecule has 1 aromatic heterocycles. The second-order valence-electron chi connectivity index (χ2n) is 8.08. The number of aryl methyl sites for hydroxylation is 1. The fourth-order valence-corrected chi connectivity index (χ4v) is 3.74. The summed E-state index contributed by atoms with van der Waals surface area (Å²) in [4.78, 5) is 16.9. The molecule has 158 valence electrons. The van der Waals surface area contributed by atoms with Crippen molar-refractivity contribution >= 4 is 22.4 Å². The molecule has 0 unspecified atom stereocenters. The normalized spacial score (nSPS) is 11.2. The highest BCUT2D eigenvalue weighted by Gasteiger charge is 2.20. The van der Waals surface area contributed by atoms with Crippen LogP contribution in [-0.2, 0) is 10.2 Å². The first kappa shape index (κ1) is 21.8. The lowest BCUT2D eigenvalue weighted by Gasteiger charge is -2.23. The van der Waals surface area contributed by atoms with E-state index < -0.39 is 0 Å². The number of nitrogens with zero attached hydrogens (tertiary/aromatic N) is 1. The van der Waals surface area contributed by atoms with Gasteiger partial charge in [-0.25, -0.2) is 4.98 Å². The molecule has 6 heteroatoms. The van der Waals surface area contributed by atoms with Crippen molar-refractivity contribution in [2.75, 3.05) is 18.5 Å². The van der Waals surface area contributed by atoms with Crippen molar-refractivity contribution in [2.24, 2.45) is 0 Å². The predicted molar refractivity (Wildman–Crippen MR) is 123 cm³/mol. The van der Waals surface area contributed by atoms with Crippen molar-refractivity contribution in [3.8, 4) is 22.8 Å². The van der Waals surface area contributed by atoms with Gasteiger partial charge < -0.3 is 9.47 Å². The summed E-state index contributed by atoms with van der Waals surface area (Å²) in [6.07, 6.45) is 0. The minimum atomic E-state index is -0.233. The third-order valence-corrected chi connectivity index (χ3v) is 5.27. The highest BCUT2D eigenvalue weighted by atomic mass is 32.1. The van der Waals surface area contributed by atoms with E-state index >= 15 is 0 Å². The smallest absolute Gasteiger partial charge is 0.264 e. The van der Waals surface area contributed by atoms with Gasteiger partial charge in [-0.15, -0.1) is 11.3 Å². The molecule has 5 nitrogen and oxygen atoms in total. The molecule has 0 atom stereocenters. The van der Waals surface area contributed by atoms with Crippen molar-refractivity contribution in [1.29, 1.82) is 0 Å². The largest absolute Gasteiger partial charge is 0.494 e. The number of aromatic nitrogens is 1. The van der Waals surface area contributed by atoms with E-state index in [1.807, 2.05) is 48.7 Å². The number of benzene rings is 2. The third kappa shape index (κ3) is 5.60. The number of carbonyl (C=O) groups excluding carboxylic acids is 1. The maximum atomic E-state index is 12.4. The zero-order valence-corrected chi connectivity index (χ0v) is 18.9. The van der Waals surface area contributed by atoms with E-state index in [1.54, 1.807) is 0 Å². The molecule has 0 aliphatic rings. The first-order valence-corrected chi connectivity index (χ1v) is 10.9. The summed E-state index contributed by atoms with van der Waals surface area (Å²) in [7, 11) is 0. The van der Waals surface area contributed by atoms with Crippen LogP contribution >= 0.6 is 11.3 Å². The van der Waals surface area contributed by atoms with Crippen LogP contribution in [0.1, 0.15) is 38.8 Å². The van der Waals surface area contributed by atoms with Crippen LogP contribution in [0.4, 0.5) is 5.13 Å². The van der Waals surface area contributed by atoms with Crippen LogP contribution in [0.15, 0.2) is 47.8 Å². The van der Waals surface area contributed by atoms with Crippen molar-refractivity contribution in [3.63, 3.8) is 0 Å². The molecule has 0 spiro atoms. The molecular weight excluding hydrogens is 396 g/mol. The molecule has 30 heavy (non-hydrogen) atoms. The van der Waals surface area contributed by atoms with Gasteiger partial charge in [-0.2, -0.15) is 0 Å². The molecule has 0 bridgehead atoms. The van der Waals surface area contributed by atoms with E-state index in [2.05, 4.69) is 44.1 Å². The molecule has 1 amide bonds. The lowest BCUT2D eigenvalue weighted by atomic mass is 9.85. The van der Waals surface area contributed by atoms with Gasteiger partial charge >= 0.3 is 0 Å². The van der Waals surface area contributed by atoms with Crippen molar-refractivity contribution < 1.29 is 14.3 Å². The standard InChI is InChI=1S/C24H28N2O3S/c1-6-28-18-10-8-17(9-11-18)20-15-30-23(25-20)26-22(27)14-29-21-12-7-16(2)13-19(21)24(3,4)5/h7-13,15H,6,14H2,1-5H3,(H,25,26,27). The fraction of sp³-hybridized carbons (Fsp3) is 0.333. The number of hydrogen-bond acceptors (Lipinski definition) is 5. The Bertz CT molecular complexity index is 1000. The van der Waals surface area contributed by atoms with Crippen LogP contribution in [0.2, 0.25) is 0 Å². The molecule has 1 N–H and O–H groups in total. The summed E-state index contributed by atoms with van der Waals surface area (Å²) in [6.45, 7) is 11.0. The maximum Gasteiger partial charge on any atom is 0.264 e. The highest BCUT2D eigenvalue weighted by molar-refractivity contribution is 7.14. The number of thiazole rings is 1. The second kappa shape index (κ2) is 9.30. The Morgan fingerprint density at radius 1 is 1.10 bits per heavy atom. The number of hydrogen-bond donors (Lipinski definition) is 1. The van der Waals surface area contributed by atoms with E-state index in [-0.39, 0.29) is 17.9 Å². The van der Waals surface area contributed by atoms with Gasteiger partial charge in [-0.1, -0.05) is 38.5 Å². The Hall–Kier alpha value is -2.86. The molecule has 2 aromatic carbocycles. The summed E-state index contributed by atoms with van der Waals surface area (Å²) >= 11 is 1.39. The number of nitrogens with one attached hydrogen (secondary N) is 1. The highest BCUT2D eigenvalue weighted by Crippen LogP contribution is 2.32. The number of anilines is 1. The van der Waals surface area contributed by atoms with Crippen LogP contribution in [0, 0.1) is 6.92 Å². The number of amides is 1. The van der Waals surface area contributed by atoms with Crippen molar-refractivity contribution in [2.45, 2.75) is 40.0 Å². The first-order valence-electron chi connectivity index (χ1n) is 9.99. The monoisotopic (exact) mass is 424 g/mol. The Balaban J connectivity index is 1.61. The van der Waals surface area contributed by atoms with Crippen LogP contribution < -0.4 is 14.8 Å². The van der Waals surface area contributed by atoms with Crippen LogP contribution in [0.5, 0.6) is 11.5 Å². The summed E-state index contributed by atoms with van der Waals surface area (Å²) in [5.41, 5.74) is 3.97. The summed E-state index contributed by atoms with van der Waals surface area (Å²) < 4.78 is 11.3. The molecule has 0 aliphatic carbocycles. The average molecular weight is 425 g/mol. The van der Waals surface area contributed by atoms with Gasteiger partial charge in [-0.05, 0) is 55.2 Å². The average Bonchev–Trinajstić information content (AvgIpc) is 3.15. The zero-order valence-electron chi connectivity index (χ0n) is 18.1. The Kier molecular flexibility index (Phi) is 6.77. The van der Waals surface area contributed by atoms with Crippen molar-refractivity contribution in [3.05, 3.63) is 59.0 Å². The quantitative estimate of drug-likeness (QED) is 0.518. The van der Waals surface area contributed by atoms with Gasteiger partial charge in [0, 0.05) is 10.9 Å². The van der Waals surface area contributed by atoms with Gasteiger partial charge in [0.2, 0.25) is 0 Å². The van der Waals surface area contributed by atoms with Crippen molar-refractivity contribution in [1.82, 2.24) is 4.98 Å². The topological polar surface area (TPSA) is 60.5 Å². The van der Waals surface area contributed by atoms with E-state index in [0.717, 1.165) is 28.3 Å². The molecular formula is C24H28N2O3S. The minimum Gasteiger partial charge on any atom is -0.494 e. The zero-order chi connectivity index (χ0) is 21.7. The van der Waals surface area contributed by atoms with Gasteiger partial charge in [0.1, 0.15) is 11.5 Å². The predicted octanol–water partition coefficient (Wildman–Crippen LogP) is 5.83. The van der Waals surface area contributed by atoms with Gasteiger partial charge in [0.05, 0.1) is 12.3 Å². The first-order chi connectivity index (χ1) is 14.3. The Labute approximate surface area is 182 Å². The van der Waals surface area contributed by atoms with E-state index in [1.165, 1.54) is 16.9 Å². The van der Waals surface area contributed by atoms with Gasteiger partial charge in [-0.3, -0.25) is 10.1 Å².